The first-order valence-corrected chi connectivity index (χ1v) is 14.9. The topological polar surface area (TPSA) is 107 Å². The number of amides is 1. The Bertz CT molecular complexity index is 837. The van der Waals surface area contributed by atoms with Gasteiger partial charge in [-0.25, -0.2) is 8.42 Å². The standard InChI is InChI=1S/C26H45NO5S.Na/c1-17(4-9-24(29)27-14-15-33(30,31)32)21-7-8-22-20-6-5-18-16-19(28)10-12-25(18,2)23(20)11-13-26(21,22)3;/h17-23,28H,4-16H2,1-3H3,(H,27,29)(H,30,31,32);/q;+1/p-1/t17-,18+,19-,20+,21-,22+,23-,25+,26-;/m1./s1. The summed E-state index contributed by atoms with van der Waals surface area (Å²) in [6, 6.07) is 0. The predicted octanol–water partition coefficient (Wildman–Crippen LogP) is 1.09. The van der Waals surface area contributed by atoms with Crippen molar-refractivity contribution < 1.29 is 52.4 Å². The summed E-state index contributed by atoms with van der Waals surface area (Å²) >= 11 is 0. The van der Waals surface area contributed by atoms with Crippen LogP contribution in [-0.2, 0) is 14.9 Å². The largest absolute Gasteiger partial charge is 1.00 e. The van der Waals surface area contributed by atoms with Crippen molar-refractivity contribution in [1.82, 2.24) is 5.32 Å². The molecule has 0 heterocycles. The summed E-state index contributed by atoms with van der Waals surface area (Å²) in [5.74, 6) is 3.49. The zero-order chi connectivity index (χ0) is 24.0. The minimum atomic E-state index is -4.29. The Kier molecular flexibility index (Phi) is 9.34. The third-order valence-corrected chi connectivity index (χ3v) is 11.6. The SMILES string of the molecule is C[C@H](CCC(=O)NCCS(=O)(=O)[O-])[C@H]1CC[C@H]2[C@@H]3CC[C@H]4C[C@H](O)CC[C@]4(C)[C@@H]3CC[C@]12C.[Na+]. The maximum Gasteiger partial charge on any atom is 1.00 e. The quantitative estimate of drug-likeness (QED) is 0.398. The van der Waals surface area contributed by atoms with Gasteiger partial charge < -0.3 is 15.0 Å². The van der Waals surface area contributed by atoms with Gasteiger partial charge in [0.1, 0.15) is 0 Å². The molecule has 34 heavy (non-hydrogen) atoms. The summed E-state index contributed by atoms with van der Waals surface area (Å²) in [7, 11) is -4.29. The molecule has 0 aliphatic heterocycles. The van der Waals surface area contributed by atoms with Gasteiger partial charge in [-0.15, -0.1) is 0 Å². The monoisotopic (exact) mass is 505 g/mol. The van der Waals surface area contributed by atoms with Gasteiger partial charge in [0.05, 0.1) is 22.0 Å². The summed E-state index contributed by atoms with van der Waals surface area (Å²) < 4.78 is 32.1. The molecule has 0 radical (unpaired) electrons. The summed E-state index contributed by atoms with van der Waals surface area (Å²) in [4.78, 5) is 12.2. The second-order valence-corrected chi connectivity index (χ2v) is 14.0. The summed E-state index contributed by atoms with van der Waals surface area (Å²) in [5.41, 5.74) is 0.758. The first-order valence-electron chi connectivity index (χ1n) is 13.3. The number of aliphatic hydroxyl groups excluding tert-OH is 1. The fourth-order valence-corrected chi connectivity index (χ4v) is 9.53. The number of nitrogens with one attached hydrogen (secondary N) is 1. The van der Waals surface area contributed by atoms with Crippen LogP contribution in [0.5, 0.6) is 0 Å². The molecule has 0 aromatic heterocycles. The van der Waals surface area contributed by atoms with Gasteiger partial charge in [-0.3, -0.25) is 4.79 Å². The Balaban J connectivity index is 0.00000324. The number of fused-ring (bicyclic) bond motifs is 5. The minimum Gasteiger partial charge on any atom is -0.748 e. The normalized spacial score (nSPS) is 42.5. The zero-order valence-electron chi connectivity index (χ0n) is 21.7. The van der Waals surface area contributed by atoms with Crippen molar-refractivity contribution in [2.24, 2.45) is 46.3 Å². The molecule has 4 fully saturated rings. The van der Waals surface area contributed by atoms with Gasteiger partial charge in [-0.2, -0.15) is 0 Å². The molecule has 190 valence electrons. The van der Waals surface area contributed by atoms with E-state index in [0.717, 1.165) is 37.0 Å². The first kappa shape index (κ1) is 28.9. The fraction of sp³-hybridized carbons (Fsp3) is 0.962. The smallest absolute Gasteiger partial charge is 0.748 e. The molecule has 0 bridgehead atoms. The molecule has 1 amide bonds. The van der Waals surface area contributed by atoms with E-state index in [-0.39, 0.29) is 48.1 Å². The zero-order valence-corrected chi connectivity index (χ0v) is 24.5. The molecule has 4 aliphatic rings. The molecular weight excluding hydrogens is 461 g/mol. The minimum absolute atomic E-state index is 0. The van der Waals surface area contributed by atoms with Crippen LogP contribution in [0.2, 0.25) is 0 Å². The number of rotatable bonds is 7. The molecule has 4 saturated carbocycles. The molecule has 0 spiro atoms. The van der Waals surface area contributed by atoms with E-state index in [1.54, 1.807) is 0 Å². The number of hydrogen-bond donors (Lipinski definition) is 2. The first-order chi connectivity index (χ1) is 15.4. The van der Waals surface area contributed by atoms with E-state index in [9.17, 15) is 22.9 Å². The van der Waals surface area contributed by atoms with Crippen molar-refractivity contribution in [1.29, 1.82) is 0 Å². The predicted molar refractivity (Wildman–Crippen MR) is 127 cm³/mol. The molecule has 0 saturated heterocycles. The van der Waals surface area contributed by atoms with Crippen LogP contribution in [-0.4, -0.2) is 42.4 Å². The third kappa shape index (κ3) is 5.75. The third-order valence-electron chi connectivity index (χ3n) is 10.9. The average Bonchev–Trinajstić information content (AvgIpc) is 3.09. The van der Waals surface area contributed by atoms with E-state index in [1.165, 1.54) is 44.9 Å². The van der Waals surface area contributed by atoms with Crippen LogP contribution < -0.4 is 34.9 Å². The molecule has 0 aromatic rings. The summed E-state index contributed by atoms with van der Waals surface area (Å²) in [6.45, 7) is 7.26. The van der Waals surface area contributed by atoms with E-state index in [4.69, 9.17) is 0 Å². The van der Waals surface area contributed by atoms with E-state index < -0.39 is 15.9 Å². The summed E-state index contributed by atoms with van der Waals surface area (Å²) in [6.07, 6.45) is 12.0. The summed E-state index contributed by atoms with van der Waals surface area (Å²) in [5, 5.41) is 12.8. The van der Waals surface area contributed by atoms with Gasteiger partial charge in [0.15, 0.2) is 0 Å². The van der Waals surface area contributed by atoms with Crippen LogP contribution >= 0.6 is 0 Å². The van der Waals surface area contributed by atoms with Gasteiger partial charge in [0.25, 0.3) is 0 Å². The van der Waals surface area contributed by atoms with Crippen LogP contribution in [0.3, 0.4) is 0 Å². The van der Waals surface area contributed by atoms with E-state index in [0.29, 0.717) is 35.0 Å². The molecule has 0 aromatic carbocycles. The Morgan fingerprint density at radius 2 is 1.74 bits per heavy atom. The molecule has 4 aliphatic carbocycles. The number of aliphatic hydroxyl groups is 1. The van der Waals surface area contributed by atoms with Crippen molar-refractivity contribution >= 4 is 16.0 Å². The Morgan fingerprint density at radius 1 is 1.06 bits per heavy atom. The number of hydrogen-bond acceptors (Lipinski definition) is 5. The van der Waals surface area contributed by atoms with Gasteiger partial charge in [-0.1, -0.05) is 20.8 Å². The van der Waals surface area contributed by atoms with Crippen LogP contribution in [0.1, 0.15) is 91.4 Å². The van der Waals surface area contributed by atoms with Gasteiger partial charge >= 0.3 is 29.6 Å². The van der Waals surface area contributed by atoms with Crippen LogP contribution in [0.15, 0.2) is 0 Å². The van der Waals surface area contributed by atoms with Gasteiger partial charge in [0, 0.05) is 13.0 Å². The van der Waals surface area contributed by atoms with Crippen LogP contribution in [0, 0.1) is 46.3 Å². The molecule has 0 unspecified atom stereocenters. The van der Waals surface area contributed by atoms with E-state index >= 15 is 0 Å². The van der Waals surface area contributed by atoms with Crippen LogP contribution in [0.4, 0.5) is 0 Å². The maximum absolute atomic E-state index is 12.2. The van der Waals surface area contributed by atoms with Crippen molar-refractivity contribution in [3.8, 4) is 0 Å². The van der Waals surface area contributed by atoms with Gasteiger partial charge in [-0.05, 0) is 111 Å². The molecule has 8 heteroatoms. The molecule has 6 nitrogen and oxygen atoms in total. The number of carbonyl (C=O) groups excluding carboxylic acids is 1. The van der Waals surface area contributed by atoms with Crippen molar-refractivity contribution in [3.05, 3.63) is 0 Å². The maximum atomic E-state index is 12.2. The molecular formula is C26H44NNaO5S. The van der Waals surface area contributed by atoms with Crippen molar-refractivity contribution in [2.45, 2.75) is 97.5 Å². The Labute approximate surface area is 228 Å². The van der Waals surface area contributed by atoms with Crippen molar-refractivity contribution in [3.63, 3.8) is 0 Å². The van der Waals surface area contributed by atoms with Crippen LogP contribution in [0.25, 0.3) is 0 Å². The molecule has 9 atom stereocenters. The van der Waals surface area contributed by atoms with Gasteiger partial charge in [0.2, 0.25) is 5.91 Å². The fourth-order valence-electron chi connectivity index (χ4n) is 9.17. The van der Waals surface area contributed by atoms with E-state index in [1.807, 2.05) is 0 Å². The van der Waals surface area contributed by atoms with E-state index in [2.05, 4.69) is 26.1 Å². The number of carbonyl (C=O) groups is 1. The second-order valence-electron chi connectivity index (χ2n) is 12.4. The second kappa shape index (κ2) is 11.0. The average molecular weight is 506 g/mol. The Hall–Kier alpha value is 0.340. The van der Waals surface area contributed by atoms with Crippen molar-refractivity contribution in [2.75, 3.05) is 12.3 Å². The molecule has 4 rings (SSSR count). The Morgan fingerprint density at radius 3 is 2.44 bits per heavy atom. The molecule has 2 N–H and O–H groups in total.